The fourth-order valence-electron chi connectivity index (χ4n) is 6.04. The van der Waals surface area contributed by atoms with Crippen molar-refractivity contribution in [3.05, 3.63) is 53.8 Å². The van der Waals surface area contributed by atoms with Crippen molar-refractivity contribution in [3.8, 4) is 5.75 Å². The first-order chi connectivity index (χ1) is 15.8. The van der Waals surface area contributed by atoms with Gasteiger partial charge in [0.2, 0.25) is 5.91 Å². The lowest BCUT2D eigenvalue weighted by atomic mass is 9.62. The third kappa shape index (κ3) is 3.03. The van der Waals surface area contributed by atoms with Gasteiger partial charge in [-0.2, -0.15) is 0 Å². The Kier molecular flexibility index (Phi) is 4.92. The van der Waals surface area contributed by atoms with Crippen LogP contribution >= 0.6 is 0 Å². The number of ether oxygens (including phenoxy) is 1. The number of para-hydroxylation sites is 1. The monoisotopic (exact) mass is 451 g/mol. The second kappa shape index (κ2) is 7.57. The first-order valence-corrected chi connectivity index (χ1v) is 11.2. The third-order valence-corrected chi connectivity index (χ3v) is 7.23. The van der Waals surface area contributed by atoms with Crippen molar-refractivity contribution in [2.75, 3.05) is 23.5 Å². The maximum absolute atomic E-state index is 15.0. The molecule has 3 aliphatic rings. The summed E-state index contributed by atoms with van der Waals surface area (Å²) < 4.78 is 20.2. The van der Waals surface area contributed by atoms with Gasteiger partial charge in [0.1, 0.15) is 11.6 Å². The average molecular weight is 451 g/mol. The van der Waals surface area contributed by atoms with E-state index in [4.69, 9.17) is 4.74 Å². The van der Waals surface area contributed by atoms with Crippen molar-refractivity contribution in [3.63, 3.8) is 0 Å². The number of carbonyl (C=O) groups excluding carboxylic acids is 3. The van der Waals surface area contributed by atoms with Crippen LogP contribution in [-0.2, 0) is 16.0 Å². The van der Waals surface area contributed by atoms with Gasteiger partial charge in [-0.15, -0.1) is 0 Å². The Balaban J connectivity index is 1.68. The van der Waals surface area contributed by atoms with Crippen molar-refractivity contribution >= 4 is 29.2 Å². The number of amides is 4. The molecule has 2 aromatic carbocycles. The van der Waals surface area contributed by atoms with Crippen molar-refractivity contribution in [1.82, 2.24) is 5.32 Å². The molecule has 172 valence electrons. The number of urea groups is 1. The van der Waals surface area contributed by atoms with Crippen LogP contribution in [0.4, 0.5) is 20.6 Å². The van der Waals surface area contributed by atoms with E-state index in [-0.39, 0.29) is 24.1 Å². The molecule has 0 aliphatic carbocycles. The summed E-state index contributed by atoms with van der Waals surface area (Å²) in [7, 11) is 1.53. The summed E-state index contributed by atoms with van der Waals surface area (Å²) in [5.41, 5.74) is -0.146. The number of halogens is 1. The topological polar surface area (TPSA) is 79.0 Å². The molecule has 4 atom stereocenters. The van der Waals surface area contributed by atoms with Crippen LogP contribution in [0.5, 0.6) is 5.75 Å². The Morgan fingerprint density at radius 1 is 1.09 bits per heavy atom. The molecule has 33 heavy (non-hydrogen) atoms. The summed E-state index contributed by atoms with van der Waals surface area (Å²) >= 11 is 0. The van der Waals surface area contributed by atoms with E-state index in [0.29, 0.717) is 29.2 Å². The number of methoxy groups -OCH3 is 1. The highest BCUT2D eigenvalue weighted by Crippen LogP contribution is 2.51. The molecular formula is C25H26FN3O4. The fourth-order valence-corrected chi connectivity index (χ4v) is 6.04. The number of nitrogens with one attached hydrogen (secondary N) is 1. The van der Waals surface area contributed by atoms with Crippen LogP contribution in [-0.4, -0.2) is 37.5 Å². The average Bonchev–Trinajstić information content (AvgIpc) is 2.77. The predicted molar refractivity (Wildman–Crippen MR) is 121 cm³/mol. The number of fused-ring (bicyclic) bond motifs is 4. The van der Waals surface area contributed by atoms with Crippen molar-refractivity contribution < 1.29 is 23.5 Å². The Labute approximate surface area is 191 Å². The molecule has 4 amide bonds. The second-order valence-corrected chi connectivity index (χ2v) is 9.41. The third-order valence-electron chi connectivity index (χ3n) is 7.23. The zero-order valence-corrected chi connectivity index (χ0v) is 18.8. The summed E-state index contributed by atoms with van der Waals surface area (Å²) in [4.78, 5) is 43.5. The standard InChI is InChI=1S/C25H26FN3O4/c1-14-11-15(2)21-25(12-16-5-4-6-19(26)20(16)28(21)13-14)22(30)27-24(32)29(23(25)31)17-7-9-18(33-3)10-8-17/h4-10,14-15,21H,11-13H2,1-3H3,(H,27,30,32)/t14-,15+,21-,25+/m1/s1. The molecule has 2 saturated heterocycles. The first-order valence-electron chi connectivity index (χ1n) is 11.2. The number of anilines is 2. The molecule has 0 bridgehead atoms. The number of benzene rings is 2. The minimum absolute atomic E-state index is 0.0323. The van der Waals surface area contributed by atoms with E-state index < -0.39 is 29.3 Å². The lowest BCUT2D eigenvalue weighted by Gasteiger charge is -2.56. The summed E-state index contributed by atoms with van der Waals surface area (Å²) in [5.74, 6) is -0.777. The highest BCUT2D eigenvalue weighted by Gasteiger charge is 2.64. The second-order valence-electron chi connectivity index (χ2n) is 9.41. The van der Waals surface area contributed by atoms with Gasteiger partial charge in [0.25, 0.3) is 5.91 Å². The van der Waals surface area contributed by atoms with Crippen molar-refractivity contribution in [1.29, 1.82) is 0 Å². The number of rotatable bonds is 2. The zero-order chi connectivity index (χ0) is 23.5. The quantitative estimate of drug-likeness (QED) is 0.707. The number of hydrogen-bond acceptors (Lipinski definition) is 5. The number of carbonyl (C=O) groups is 3. The number of nitrogens with zero attached hydrogens (tertiary/aromatic N) is 2. The first kappa shape index (κ1) is 21.4. The summed E-state index contributed by atoms with van der Waals surface area (Å²) in [6, 6.07) is 9.94. The molecule has 8 heteroatoms. The van der Waals surface area contributed by atoms with Crippen LogP contribution in [0.2, 0.25) is 0 Å². The molecule has 0 aromatic heterocycles. The predicted octanol–water partition coefficient (Wildman–Crippen LogP) is 3.51. The number of piperidine rings is 1. The molecule has 2 fully saturated rings. The van der Waals surface area contributed by atoms with E-state index in [2.05, 4.69) is 12.2 Å². The van der Waals surface area contributed by atoms with E-state index in [1.54, 1.807) is 36.4 Å². The van der Waals surface area contributed by atoms with Gasteiger partial charge in [0, 0.05) is 6.54 Å². The lowest BCUT2D eigenvalue weighted by Crippen LogP contribution is -2.74. The molecule has 1 N–H and O–H groups in total. The molecular weight excluding hydrogens is 425 g/mol. The maximum Gasteiger partial charge on any atom is 0.335 e. The van der Waals surface area contributed by atoms with Gasteiger partial charge in [-0.25, -0.2) is 14.1 Å². The largest absolute Gasteiger partial charge is 0.497 e. The van der Waals surface area contributed by atoms with Crippen LogP contribution in [0.3, 0.4) is 0 Å². The van der Waals surface area contributed by atoms with E-state index in [1.807, 2.05) is 11.8 Å². The molecule has 5 rings (SSSR count). The van der Waals surface area contributed by atoms with Crippen LogP contribution < -0.4 is 19.9 Å². The van der Waals surface area contributed by atoms with Crippen LogP contribution in [0.1, 0.15) is 25.8 Å². The van der Waals surface area contributed by atoms with E-state index in [9.17, 15) is 14.4 Å². The van der Waals surface area contributed by atoms with Crippen LogP contribution in [0, 0.1) is 23.1 Å². The zero-order valence-electron chi connectivity index (χ0n) is 18.8. The molecule has 1 spiro atoms. The Hall–Kier alpha value is -3.42. The minimum atomic E-state index is -1.55. The number of hydrogen-bond donors (Lipinski definition) is 1. The highest BCUT2D eigenvalue weighted by molar-refractivity contribution is 6.30. The molecule has 0 saturated carbocycles. The fraction of sp³-hybridized carbons (Fsp3) is 0.400. The maximum atomic E-state index is 15.0. The molecule has 0 unspecified atom stereocenters. The molecule has 0 radical (unpaired) electrons. The SMILES string of the molecule is COc1ccc(N2C(=O)NC(=O)[C@@]3(Cc4cccc(F)c4N4C[C@H](C)C[C@H](C)[C@@H]43)C2=O)cc1. The van der Waals surface area contributed by atoms with Gasteiger partial charge in [0.15, 0.2) is 5.41 Å². The van der Waals surface area contributed by atoms with Crippen molar-refractivity contribution in [2.45, 2.75) is 32.7 Å². The highest BCUT2D eigenvalue weighted by atomic mass is 19.1. The lowest BCUT2D eigenvalue weighted by molar-refractivity contribution is -0.146. The van der Waals surface area contributed by atoms with Crippen molar-refractivity contribution in [2.24, 2.45) is 17.3 Å². The number of imide groups is 2. The summed E-state index contributed by atoms with van der Waals surface area (Å²) in [6.45, 7) is 4.61. The minimum Gasteiger partial charge on any atom is -0.497 e. The summed E-state index contributed by atoms with van der Waals surface area (Å²) in [5, 5.41) is 2.43. The Morgan fingerprint density at radius 3 is 2.52 bits per heavy atom. The van der Waals surface area contributed by atoms with Gasteiger partial charge >= 0.3 is 6.03 Å². The van der Waals surface area contributed by atoms with E-state index in [1.165, 1.54) is 13.2 Å². The van der Waals surface area contributed by atoms with Gasteiger partial charge in [0.05, 0.1) is 24.5 Å². The number of barbiturate groups is 1. The van der Waals surface area contributed by atoms with Gasteiger partial charge < -0.3 is 9.64 Å². The summed E-state index contributed by atoms with van der Waals surface area (Å²) in [6.07, 6.45) is 0.828. The normalized spacial score (nSPS) is 29.0. The van der Waals surface area contributed by atoms with Gasteiger partial charge in [-0.05, 0) is 60.6 Å². The molecule has 3 aliphatic heterocycles. The van der Waals surface area contributed by atoms with Gasteiger partial charge in [-0.1, -0.05) is 26.0 Å². The van der Waals surface area contributed by atoms with E-state index >= 15 is 4.39 Å². The smallest absolute Gasteiger partial charge is 0.335 e. The molecule has 3 heterocycles. The Morgan fingerprint density at radius 2 is 1.82 bits per heavy atom. The molecule has 2 aromatic rings. The van der Waals surface area contributed by atoms with E-state index in [0.717, 1.165) is 11.3 Å². The van der Waals surface area contributed by atoms with Crippen LogP contribution in [0.25, 0.3) is 0 Å². The van der Waals surface area contributed by atoms with Gasteiger partial charge in [-0.3, -0.25) is 14.9 Å². The molecule has 7 nitrogen and oxygen atoms in total. The Bertz CT molecular complexity index is 1150. The van der Waals surface area contributed by atoms with Crippen LogP contribution in [0.15, 0.2) is 42.5 Å².